The van der Waals surface area contributed by atoms with Crippen LogP contribution in [0.15, 0.2) is 12.1 Å². The molecule has 100 valence electrons. The number of halogens is 1. The van der Waals surface area contributed by atoms with E-state index in [-0.39, 0.29) is 11.9 Å². The summed E-state index contributed by atoms with van der Waals surface area (Å²) in [4.78, 5) is 12.0. The molecule has 0 spiro atoms. The fourth-order valence-electron chi connectivity index (χ4n) is 2.22. The van der Waals surface area contributed by atoms with Gasteiger partial charge >= 0.3 is 0 Å². The zero-order chi connectivity index (χ0) is 13.2. The lowest BCUT2D eigenvalue weighted by molar-refractivity contribution is -0.121. The molecule has 1 fully saturated rings. The number of carbonyl (C=O) groups is 1. The Kier molecular flexibility index (Phi) is 3.52. The van der Waals surface area contributed by atoms with E-state index in [1.807, 2.05) is 6.07 Å². The highest BCUT2D eigenvalue weighted by Crippen LogP contribution is 2.31. The maximum Gasteiger partial charge on any atom is 0.242 e. The van der Waals surface area contributed by atoms with E-state index in [4.69, 9.17) is 11.6 Å². The molecule has 1 amide bonds. The van der Waals surface area contributed by atoms with E-state index in [0.29, 0.717) is 10.7 Å². The lowest BCUT2D eigenvalue weighted by Crippen LogP contribution is -2.38. The van der Waals surface area contributed by atoms with Crippen molar-refractivity contribution >= 4 is 46.0 Å². The summed E-state index contributed by atoms with van der Waals surface area (Å²) < 4.78 is 8.43. The van der Waals surface area contributed by atoms with Crippen LogP contribution in [0.3, 0.4) is 0 Å². The third kappa shape index (κ3) is 2.50. The van der Waals surface area contributed by atoms with E-state index in [9.17, 15) is 4.79 Å². The van der Waals surface area contributed by atoms with Gasteiger partial charge in [0.25, 0.3) is 0 Å². The molecular weight excluding hydrogens is 284 g/mol. The van der Waals surface area contributed by atoms with E-state index in [1.165, 1.54) is 0 Å². The number of nitrogens with zero attached hydrogens (tertiary/aromatic N) is 2. The molecule has 7 heteroatoms. The fourth-order valence-corrected chi connectivity index (χ4v) is 2.97. The highest BCUT2D eigenvalue weighted by Gasteiger charge is 2.22. The van der Waals surface area contributed by atoms with Gasteiger partial charge in [-0.1, -0.05) is 11.6 Å². The summed E-state index contributed by atoms with van der Waals surface area (Å²) in [5.41, 5.74) is 2.23. The second kappa shape index (κ2) is 5.30. The van der Waals surface area contributed by atoms with Crippen molar-refractivity contribution in [1.29, 1.82) is 0 Å². The number of hydrogen-bond donors (Lipinski definition) is 2. The molecule has 1 aliphatic heterocycles. The molecule has 1 aromatic carbocycles. The Morgan fingerprint density at radius 1 is 1.37 bits per heavy atom. The summed E-state index contributed by atoms with van der Waals surface area (Å²) in [6.45, 7) is 0.743. The maximum atomic E-state index is 12.0. The second-order valence-electron chi connectivity index (χ2n) is 4.54. The Labute approximate surface area is 119 Å². The zero-order valence-corrected chi connectivity index (χ0v) is 11.7. The molecule has 0 bridgehead atoms. The molecule has 3 rings (SSSR count). The number of hydrogen-bond acceptors (Lipinski definition) is 5. The van der Waals surface area contributed by atoms with E-state index in [0.717, 1.165) is 48.6 Å². The highest BCUT2D eigenvalue weighted by atomic mass is 35.5. The third-order valence-corrected chi connectivity index (χ3v) is 4.09. The molecule has 2 N–H and O–H groups in total. The number of rotatable bonds is 2. The summed E-state index contributed by atoms with van der Waals surface area (Å²) in [6, 6.07) is 3.36. The minimum Gasteiger partial charge on any atom is -0.371 e. The molecule has 1 aliphatic rings. The molecule has 0 radical (unpaired) electrons. The molecule has 1 atom stereocenters. The molecule has 1 aromatic heterocycles. The van der Waals surface area contributed by atoms with Gasteiger partial charge in [-0.3, -0.25) is 4.79 Å². The van der Waals surface area contributed by atoms with Crippen molar-refractivity contribution in [3.8, 4) is 0 Å². The Hall–Kier alpha value is -1.40. The summed E-state index contributed by atoms with van der Waals surface area (Å²) in [6.07, 6.45) is 2.83. The Morgan fingerprint density at radius 3 is 3.16 bits per heavy atom. The largest absolute Gasteiger partial charge is 0.371 e. The first-order valence-corrected chi connectivity index (χ1v) is 7.31. The van der Waals surface area contributed by atoms with Crippen molar-refractivity contribution in [1.82, 2.24) is 14.1 Å². The highest BCUT2D eigenvalue weighted by molar-refractivity contribution is 7.00. The normalized spacial score (nSPS) is 20.1. The smallest absolute Gasteiger partial charge is 0.242 e. The van der Waals surface area contributed by atoms with Gasteiger partial charge in [0.15, 0.2) is 0 Å². The average molecular weight is 297 g/mol. The third-order valence-electron chi connectivity index (χ3n) is 3.23. The van der Waals surface area contributed by atoms with Crippen LogP contribution < -0.4 is 10.6 Å². The van der Waals surface area contributed by atoms with Crippen molar-refractivity contribution in [3.05, 3.63) is 17.2 Å². The van der Waals surface area contributed by atoms with Gasteiger partial charge in [-0.15, -0.1) is 0 Å². The van der Waals surface area contributed by atoms with Crippen molar-refractivity contribution in [2.24, 2.45) is 0 Å². The lowest BCUT2D eigenvalue weighted by Gasteiger charge is -2.17. The molecular formula is C12H13ClN4OS. The number of amides is 1. The molecule has 5 nitrogen and oxygen atoms in total. The summed E-state index contributed by atoms with van der Waals surface area (Å²) in [7, 11) is 0. The Balaban J connectivity index is 1.93. The zero-order valence-electron chi connectivity index (χ0n) is 10.1. The van der Waals surface area contributed by atoms with E-state index in [1.54, 1.807) is 6.07 Å². The van der Waals surface area contributed by atoms with Gasteiger partial charge in [0.2, 0.25) is 5.91 Å². The fraction of sp³-hybridized carbons (Fsp3) is 0.417. The van der Waals surface area contributed by atoms with Crippen LogP contribution in [-0.2, 0) is 4.79 Å². The van der Waals surface area contributed by atoms with Gasteiger partial charge in [0.1, 0.15) is 17.1 Å². The SMILES string of the molecule is O=C1NCCCCC1Nc1c(Cl)ccc2nsnc12. The monoisotopic (exact) mass is 296 g/mol. The van der Waals surface area contributed by atoms with Crippen LogP contribution >= 0.6 is 23.3 Å². The molecule has 2 heterocycles. The number of nitrogens with one attached hydrogen (secondary N) is 2. The van der Waals surface area contributed by atoms with Gasteiger partial charge in [-0.25, -0.2) is 0 Å². The number of carbonyl (C=O) groups excluding carboxylic acids is 1. The minimum atomic E-state index is -0.257. The topological polar surface area (TPSA) is 66.9 Å². The van der Waals surface area contributed by atoms with Crippen LogP contribution in [0, 0.1) is 0 Å². The molecule has 0 aliphatic carbocycles. The molecule has 1 saturated heterocycles. The van der Waals surface area contributed by atoms with Gasteiger partial charge in [-0.2, -0.15) is 8.75 Å². The standard InChI is InChI=1S/C12H13ClN4OS/c13-7-4-5-8-11(17-19-16-8)10(7)15-9-3-1-2-6-14-12(9)18/h4-5,9,15H,1-3,6H2,(H,14,18). The Morgan fingerprint density at radius 2 is 2.26 bits per heavy atom. The number of aromatic nitrogens is 2. The quantitative estimate of drug-likeness (QED) is 0.893. The molecule has 19 heavy (non-hydrogen) atoms. The predicted molar refractivity (Wildman–Crippen MR) is 76.7 cm³/mol. The van der Waals surface area contributed by atoms with Crippen molar-refractivity contribution in [2.75, 3.05) is 11.9 Å². The van der Waals surface area contributed by atoms with Crippen molar-refractivity contribution in [3.63, 3.8) is 0 Å². The Bertz CT molecular complexity index is 615. The summed E-state index contributed by atoms with van der Waals surface area (Å²) in [5.74, 6) is 0.0220. The number of anilines is 1. The van der Waals surface area contributed by atoms with Crippen LogP contribution in [-0.4, -0.2) is 27.2 Å². The van der Waals surface area contributed by atoms with Crippen LogP contribution in [0.1, 0.15) is 19.3 Å². The van der Waals surface area contributed by atoms with E-state index < -0.39 is 0 Å². The van der Waals surface area contributed by atoms with Crippen molar-refractivity contribution in [2.45, 2.75) is 25.3 Å². The van der Waals surface area contributed by atoms with E-state index in [2.05, 4.69) is 19.4 Å². The first kappa shape index (κ1) is 12.6. The maximum absolute atomic E-state index is 12.0. The first-order valence-electron chi connectivity index (χ1n) is 6.21. The predicted octanol–water partition coefficient (Wildman–Crippen LogP) is 2.43. The van der Waals surface area contributed by atoms with Gasteiger partial charge in [0, 0.05) is 6.54 Å². The van der Waals surface area contributed by atoms with Crippen LogP contribution in [0.5, 0.6) is 0 Å². The average Bonchev–Trinajstić information content (AvgIpc) is 2.79. The summed E-state index contributed by atoms with van der Waals surface area (Å²) in [5, 5.41) is 6.69. The van der Waals surface area contributed by atoms with Crippen LogP contribution in [0.2, 0.25) is 5.02 Å². The van der Waals surface area contributed by atoms with E-state index >= 15 is 0 Å². The minimum absolute atomic E-state index is 0.0220. The van der Waals surface area contributed by atoms with Gasteiger partial charge in [-0.05, 0) is 31.4 Å². The van der Waals surface area contributed by atoms with Crippen LogP contribution in [0.4, 0.5) is 5.69 Å². The first-order chi connectivity index (χ1) is 9.25. The summed E-state index contributed by atoms with van der Waals surface area (Å²) >= 11 is 7.35. The molecule has 2 aromatic rings. The van der Waals surface area contributed by atoms with Crippen molar-refractivity contribution < 1.29 is 4.79 Å². The lowest BCUT2D eigenvalue weighted by atomic mass is 10.1. The van der Waals surface area contributed by atoms with Crippen LogP contribution in [0.25, 0.3) is 11.0 Å². The molecule has 1 unspecified atom stereocenters. The van der Waals surface area contributed by atoms with Gasteiger partial charge in [0.05, 0.1) is 22.4 Å². The molecule has 0 saturated carbocycles. The number of fused-ring (bicyclic) bond motifs is 1. The number of benzene rings is 1. The second-order valence-corrected chi connectivity index (χ2v) is 5.47. The van der Waals surface area contributed by atoms with Gasteiger partial charge < -0.3 is 10.6 Å².